The molecule has 2 bridgehead atoms. The molecule has 2 aliphatic rings. The predicted octanol–water partition coefficient (Wildman–Crippen LogP) is 2.77. The first-order chi connectivity index (χ1) is 7.94. The van der Waals surface area contributed by atoms with E-state index in [2.05, 4.69) is 34.6 Å². The summed E-state index contributed by atoms with van der Waals surface area (Å²) in [6, 6.07) is 0. The highest BCUT2D eigenvalue weighted by molar-refractivity contribution is 5.08. The fraction of sp³-hybridized carbons (Fsp3) is 1.00. The first kappa shape index (κ1) is 13.3. The molecule has 0 spiro atoms. The van der Waals surface area contributed by atoms with Crippen molar-refractivity contribution in [1.82, 2.24) is 0 Å². The van der Waals surface area contributed by atoms with Crippen LogP contribution in [-0.4, -0.2) is 36.6 Å². The van der Waals surface area contributed by atoms with Gasteiger partial charge in [0.05, 0.1) is 31.0 Å². The minimum Gasteiger partial charge on any atom is -0.376 e. The third-order valence-corrected chi connectivity index (χ3v) is 3.91. The van der Waals surface area contributed by atoms with Gasteiger partial charge in [-0.3, -0.25) is 0 Å². The lowest BCUT2D eigenvalue weighted by Gasteiger charge is -2.33. The Morgan fingerprint density at radius 2 is 1.94 bits per heavy atom. The van der Waals surface area contributed by atoms with E-state index in [4.69, 9.17) is 14.2 Å². The Labute approximate surface area is 105 Å². The average molecular weight is 242 g/mol. The van der Waals surface area contributed by atoms with E-state index in [1.807, 2.05) is 0 Å². The number of ether oxygens (including phenoxy) is 3. The third kappa shape index (κ3) is 2.51. The summed E-state index contributed by atoms with van der Waals surface area (Å²) in [5.74, 6) is 0.549. The van der Waals surface area contributed by atoms with Gasteiger partial charge >= 0.3 is 0 Å². The van der Waals surface area contributed by atoms with Crippen molar-refractivity contribution in [3.8, 4) is 0 Å². The topological polar surface area (TPSA) is 27.7 Å². The minimum absolute atomic E-state index is 0.182. The average Bonchev–Trinajstić information content (AvgIpc) is 2.67. The lowest BCUT2D eigenvalue weighted by atomic mass is 9.98. The van der Waals surface area contributed by atoms with Crippen LogP contribution in [0.5, 0.6) is 0 Å². The molecule has 1 saturated carbocycles. The van der Waals surface area contributed by atoms with Crippen molar-refractivity contribution in [2.75, 3.05) is 6.61 Å². The first-order valence-electron chi connectivity index (χ1n) is 6.89. The molecule has 1 heterocycles. The molecule has 1 aliphatic carbocycles. The molecular weight excluding hydrogens is 216 g/mol. The van der Waals surface area contributed by atoms with Crippen LogP contribution in [0.1, 0.15) is 47.5 Å². The molecule has 0 aromatic carbocycles. The number of rotatable bonds is 5. The van der Waals surface area contributed by atoms with Crippen LogP contribution in [0.15, 0.2) is 0 Å². The normalized spacial score (nSPS) is 40.8. The monoisotopic (exact) mass is 242 g/mol. The summed E-state index contributed by atoms with van der Waals surface area (Å²) in [5, 5.41) is 0. The molecule has 1 aliphatic heterocycles. The fourth-order valence-corrected chi connectivity index (χ4v) is 3.17. The smallest absolute Gasteiger partial charge is 0.118 e. The van der Waals surface area contributed by atoms with Crippen LogP contribution in [0, 0.1) is 5.92 Å². The van der Waals surface area contributed by atoms with E-state index in [0.717, 1.165) is 6.42 Å². The van der Waals surface area contributed by atoms with Gasteiger partial charge in [0.25, 0.3) is 0 Å². The molecule has 0 amide bonds. The van der Waals surface area contributed by atoms with Gasteiger partial charge in [-0.25, -0.2) is 0 Å². The maximum absolute atomic E-state index is 6.16. The highest BCUT2D eigenvalue weighted by Crippen LogP contribution is 2.50. The zero-order chi connectivity index (χ0) is 12.6. The first-order valence-corrected chi connectivity index (χ1v) is 6.89. The van der Waals surface area contributed by atoms with Gasteiger partial charge < -0.3 is 14.2 Å². The van der Waals surface area contributed by atoms with E-state index in [1.54, 1.807) is 0 Å². The van der Waals surface area contributed by atoms with Crippen molar-refractivity contribution in [2.24, 2.45) is 5.92 Å². The Morgan fingerprint density at radius 3 is 2.47 bits per heavy atom. The van der Waals surface area contributed by atoms with Gasteiger partial charge in [0.2, 0.25) is 0 Å². The van der Waals surface area contributed by atoms with Crippen molar-refractivity contribution in [3.05, 3.63) is 0 Å². The van der Waals surface area contributed by atoms with Gasteiger partial charge in [0, 0.05) is 5.92 Å². The fourth-order valence-electron chi connectivity index (χ4n) is 3.17. The van der Waals surface area contributed by atoms with E-state index >= 15 is 0 Å². The zero-order valence-corrected chi connectivity index (χ0v) is 11.7. The highest BCUT2D eigenvalue weighted by Gasteiger charge is 2.59. The van der Waals surface area contributed by atoms with Crippen molar-refractivity contribution in [2.45, 2.75) is 77.5 Å². The number of hydrogen-bond acceptors (Lipinski definition) is 3. The van der Waals surface area contributed by atoms with E-state index in [0.29, 0.717) is 18.6 Å². The van der Waals surface area contributed by atoms with Gasteiger partial charge in [0.1, 0.15) is 5.60 Å². The van der Waals surface area contributed by atoms with Crippen molar-refractivity contribution < 1.29 is 14.2 Å². The predicted molar refractivity (Wildman–Crippen MR) is 67.1 cm³/mol. The van der Waals surface area contributed by atoms with Gasteiger partial charge in [-0.05, 0) is 47.5 Å². The highest BCUT2D eigenvalue weighted by atomic mass is 16.6. The Kier molecular flexibility index (Phi) is 3.81. The molecule has 2 fully saturated rings. The summed E-state index contributed by atoms with van der Waals surface area (Å²) in [6.07, 6.45) is 3.32. The van der Waals surface area contributed by atoms with E-state index in [1.165, 1.54) is 6.42 Å². The largest absolute Gasteiger partial charge is 0.376 e. The van der Waals surface area contributed by atoms with Crippen LogP contribution in [0.3, 0.4) is 0 Å². The molecule has 0 N–H and O–H groups in total. The van der Waals surface area contributed by atoms with Crippen LogP contribution in [0.4, 0.5) is 0 Å². The summed E-state index contributed by atoms with van der Waals surface area (Å²) in [4.78, 5) is 0. The van der Waals surface area contributed by atoms with Crippen LogP contribution in [0.25, 0.3) is 0 Å². The van der Waals surface area contributed by atoms with Crippen molar-refractivity contribution in [3.63, 3.8) is 0 Å². The van der Waals surface area contributed by atoms with E-state index < -0.39 is 0 Å². The summed E-state index contributed by atoms with van der Waals surface area (Å²) in [7, 11) is 0. The summed E-state index contributed by atoms with van der Waals surface area (Å²) >= 11 is 0. The second-order valence-corrected chi connectivity index (χ2v) is 6.06. The van der Waals surface area contributed by atoms with E-state index in [9.17, 15) is 0 Å². The minimum atomic E-state index is -0.182. The lowest BCUT2D eigenvalue weighted by Crippen LogP contribution is -2.44. The quantitative estimate of drug-likeness (QED) is 0.742. The molecule has 2 rings (SSSR count). The van der Waals surface area contributed by atoms with Crippen LogP contribution in [-0.2, 0) is 14.2 Å². The molecular formula is C14H26O3. The Bertz CT molecular complexity index is 264. The molecule has 0 radical (unpaired) electrons. The summed E-state index contributed by atoms with van der Waals surface area (Å²) < 4.78 is 18.1. The molecule has 0 aromatic heterocycles. The Morgan fingerprint density at radius 1 is 1.24 bits per heavy atom. The van der Waals surface area contributed by atoms with Crippen LogP contribution in [0.2, 0.25) is 0 Å². The number of hydrogen-bond donors (Lipinski definition) is 0. The van der Waals surface area contributed by atoms with Crippen LogP contribution >= 0.6 is 0 Å². The van der Waals surface area contributed by atoms with Crippen molar-refractivity contribution in [1.29, 1.82) is 0 Å². The van der Waals surface area contributed by atoms with Gasteiger partial charge in [-0.15, -0.1) is 0 Å². The maximum Gasteiger partial charge on any atom is 0.118 e. The second kappa shape index (κ2) is 4.87. The molecule has 3 heteroatoms. The SMILES string of the molecule is CC(C)OC[C@]12CC[C@@H](C1OC(C)C)[C@H](C)O2. The van der Waals surface area contributed by atoms with E-state index in [-0.39, 0.29) is 23.9 Å². The standard InChI is InChI=1S/C14H26O3/c1-9(2)15-8-14-7-6-12(11(5)17-14)13(14)16-10(3)4/h9-13H,6-8H2,1-5H3/t11-,12+,13?,14+/m0/s1. The molecule has 100 valence electrons. The van der Waals surface area contributed by atoms with Gasteiger partial charge in [0.15, 0.2) is 0 Å². The molecule has 4 atom stereocenters. The van der Waals surface area contributed by atoms with Crippen molar-refractivity contribution >= 4 is 0 Å². The molecule has 17 heavy (non-hydrogen) atoms. The third-order valence-electron chi connectivity index (χ3n) is 3.91. The summed E-state index contributed by atoms with van der Waals surface area (Å²) in [5.41, 5.74) is -0.182. The van der Waals surface area contributed by atoms with Gasteiger partial charge in [-0.1, -0.05) is 0 Å². The number of fused-ring (bicyclic) bond motifs is 2. The Hall–Kier alpha value is -0.120. The Balaban J connectivity index is 2.07. The maximum atomic E-state index is 6.16. The lowest BCUT2D eigenvalue weighted by molar-refractivity contribution is -0.152. The molecule has 1 saturated heterocycles. The molecule has 0 aromatic rings. The molecule has 3 nitrogen and oxygen atoms in total. The molecule has 1 unspecified atom stereocenters. The summed E-state index contributed by atoms with van der Waals surface area (Å²) in [6.45, 7) is 11.2. The second-order valence-electron chi connectivity index (χ2n) is 6.06. The van der Waals surface area contributed by atoms with Crippen LogP contribution < -0.4 is 0 Å². The zero-order valence-electron chi connectivity index (χ0n) is 11.7. The van der Waals surface area contributed by atoms with Gasteiger partial charge in [-0.2, -0.15) is 0 Å².